The highest BCUT2D eigenvalue weighted by Crippen LogP contribution is 2.38. The average Bonchev–Trinajstić information content (AvgIpc) is 2.76. The van der Waals surface area contributed by atoms with E-state index in [1.807, 2.05) is 0 Å². The van der Waals surface area contributed by atoms with Crippen LogP contribution in [0.15, 0.2) is 0 Å². The number of hydrogen-bond acceptors (Lipinski definition) is 2. The summed E-state index contributed by atoms with van der Waals surface area (Å²) in [5.41, 5.74) is 0. The summed E-state index contributed by atoms with van der Waals surface area (Å²) in [5.74, 6) is -3.10. The Morgan fingerprint density at radius 3 is 2.38 bits per heavy atom. The average molecular weight is 239 g/mol. The molecule has 0 aromatic carbocycles. The number of nitrogens with one attached hydrogen (secondary N) is 1. The fraction of sp³-hybridized carbons (Fsp3) is 0.778. The van der Waals surface area contributed by atoms with Crippen LogP contribution in [-0.4, -0.2) is 29.2 Å². The summed E-state index contributed by atoms with van der Waals surface area (Å²) in [6, 6.07) is -1.03. The number of carboxylic acid groups (broad SMARTS) is 1. The van der Waals surface area contributed by atoms with E-state index >= 15 is 0 Å². The lowest BCUT2D eigenvalue weighted by Crippen LogP contribution is -2.37. The van der Waals surface area contributed by atoms with Gasteiger partial charge in [0.25, 0.3) is 0 Å². The summed E-state index contributed by atoms with van der Waals surface area (Å²) in [6.07, 6.45) is -5.23. The van der Waals surface area contributed by atoms with Crippen molar-refractivity contribution in [3.05, 3.63) is 0 Å². The van der Waals surface area contributed by atoms with Crippen LogP contribution in [0.5, 0.6) is 0 Å². The van der Waals surface area contributed by atoms with Crippen molar-refractivity contribution in [1.82, 2.24) is 5.32 Å². The Bertz CT molecular complexity index is 303. The highest BCUT2D eigenvalue weighted by molar-refractivity contribution is 5.89. The number of halogens is 3. The molecule has 0 saturated heterocycles. The lowest BCUT2D eigenvalue weighted by molar-refractivity contribution is -0.144. The molecule has 0 aliphatic heterocycles. The molecule has 0 aromatic heterocycles. The van der Waals surface area contributed by atoms with Gasteiger partial charge in [-0.05, 0) is 13.3 Å². The minimum absolute atomic E-state index is 0.208. The van der Waals surface area contributed by atoms with Crippen LogP contribution in [0.25, 0.3) is 0 Å². The van der Waals surface area contributed by atoms with E-state index in [4.69, 9.17) is 5.11 Å². The van der Waals surface area contributed by atoms with Gasteiger partial charge in [0.15, 0.2) is 0 Å². The van der Waals surface area contributed by atoms with E-state index in [1.165, 1.54) is 6.92 Å². The van der Waals surface area contributed by atoms with E-state index in [0.717, 1.165) is 0 Å². The molecule has 1 aliphatic rings. The van der Waals surface area contributed by atoms with Crippen LogP contribution in [-0.2, 0) is 9.59 Å². The van der Waals surface area contributed by atoms with Crippen LogP contribution in [0.1, 0.15) is 19.8 Å². The minimum atomic E-state index is -4.33. The molecule has 92 valence electrons. The second-order valence-corrected chi connectivity index (χ2v) is 4.02. The molecule has 1 amide bonds. The Morgan fingerprint density at radius 1 is 1.44 bits per heavy atom. The number of aliphatic carboxylic acids is 1. The van der Waals surface area contributed by atoms with Gasteiger partial charge < -0.3 is 10.4 Å². The van der Waals surface area contributed by atoms with E-state index in [9.17, 15) is 22.8 Å². The first kappa shape index (κ1) is 12.8. The molecule has 16 heavy (non-hydrogen) atoms. The van der Waals surface area contributed by atoms with Gasteiger partial charge in [0.1, 0.15) is 0 Å². The Kier molecular flexibility index (Phi) is 3.44. The summed E-state index contributed by atoms with van der Waals surface area (Å²) in [7, 11) is 0. The first-order valence-electron chi connectivity index (χ1n) is 4.80. The van der Waals surface area contributed by atoms with Gasteiger partial charge in [0, 0.05) is 6.04 Å². The molecule has 0 spiro atoms. The largest absolute Gasteiger partial charge is 0.481 e. The third-order valence-corrected chi connectivity index (χ3v) is 2.37. The predicted octanol–water partition coefficient (Wildman–Crippen LogP) is 1.16. The van der Waals surface area contributed by atoms with Crippen LogP contribution in [0.3, 0.4) is 0 Å². The van der Waals surface area contributed by atoms with Crippen molar-refractivity contribution in [1.29, 1.82) is 0 Å². The number of carbonyl (C=O) groups is 2. The number of alkyl halides is 3. The van der Waals surface area contributed by atoms with Crippen LogP contribution in [0.4, 0.5) is 13.2 Å². The normalized spacial score (nSPS) is 26.0. The fourth-order valence-electron chi connectivity index (χ4n) is 1.51. The zero-order valence-corrected chi connectivity index (χ0v) is 8.54. The third-order valence-electron chi connectivity index (χ3n) is 2.37. The topological polar surface area (TPSA) is 66.4 Å². The minimum Gasteiger partial charge on any atom is -0.481 e. The van der Waals surface area contributed by atoms with Gasteiger partial charge in [-0.3, -0.25) is 9.59 Å². The third kappa shape index (κ3) is 3.71. The quantitative estimate of drug-likeness (QED) is 0.773. The van der Waals surface area contributed by atoms with Gasteiger partial charge in [0.2, 0.25) is 5.91 Å². The number of rotatable bonds is 4. The molecular formula is C9H12F3NO3. The van der Waals surface area contributed by atoms with Gasteiger partial charge >= 0.3 is 12.1 Å². The second-order valence-electron chi connectivity index (χ2n) is 4.02. The summed E-state index contributed by atoms with van der Waals surface area (Å²) in [5, 5.41) is 10.7. The zero-order valence-electron chi connectivity index (χ0n) is 8.54. The van der Waals surface area contributed by atoms with Gasteiger partial charge in [-0.1, -0.05) is 0 Å². The maximum absolute atomic E-state index is 11.9. The first-order valence-corrected chi connectivity index (χ1v) is 4.80. The molecule has 1 saturated carbocycles. The molecule has 0 heterocycles. The first-order chi connectivity index (χ1) is 7.20. The fourth-order valence-corrected chi connectivity index (χ4v) is 1.51. The summed E-state index contributed by atoms with van der Waals surface area (Å²) >= 11 is 0. The molecule has 1 unspecified atom stereocenters. The van der Waals surface area contributed by atoms with E-state index in [0.29, 0.717) is 0 Å². The highest BCUT2D eigenvalue weighted by atomic mass is 19.4. The lowest BCUT2D eigenvalue weighted by atomic mass is 10.2. The molecule has 0 aromatic rings. The van der Waals surface area contributed by atoms with Crippen molar-refractivity contribution in [3.63, 3.8) is 0 Å². The Labute approximate surface area is 89.8 Å². The number of amides is 1. The molecule has 1 rings (SSSR count). The summed E-state index contributed by atoms with van der Waals surface area (Å²) < 4.78 is 35.8. The second kappa shape index (κ2) is 4.31. The molecule has 0 bridgehead atoms. The molecule has 4 nitrogen and oxygen atoms in total. The summed E-state index contributed by atoms with van der Waals surface area (Å²) in [6.45, 7) is 1.24. The number of carbonyl (C=O) groups excluding carboxylic acids is 1. The monoisotopic (exact) mass is 239 g/mol. The summed E-state index contributed by atoms with van der Waals surface area (Å²) in [4.78, 5) is 21.7. The van der Waals surface area contributed by atoms with Gasteiger partial charge in [-0.25, -0.2) is 0 Å². The molecule has 7 heteroatoms. The maximum atomic E-state index is 11.9. The Morgan fingerprint density at radius 2 is 2.00 bits per heavy atom. The highest BCUT2D eigenvalue weighted by Gasteiger charge is 2.48. The SMILES string of the molecule is CC(CC(F)(F)F)NC(=O)[C@@H]1C[C@@H]1C(=O)O. The molecule has 1 fully saturated rings. The van der Waals surface area contributed by atoms with E-state index < -0.39 is 42.4 Å². The van der Waals surface area contributed by atoms with Crippen LogP contribution < -0.4 is 5.32 Å². The number of carboxylic acids is 1. The van der Waals surface area contributed by atoms with Crippen molar-refractivity contribution < 1.29 is 27.9 Å². The molecule has 1 aliphatic carbocycles. The van der Waals surface area contributed by atoms with Crippen molar-refractivity contribution in [2.24, 2.45) is 11.8 Å². The van der Waals surface area contributed by atoms with Crippen LogP contribution in [0, 0.1) is 11.8 Å². The van der Waals surface area contributed by atoms with Gasteiger partial charge in [0.05, 0.1) is 18.3 Å². The van der Waals surface area contributed by atoms with Crippen molar-refractivity contribution >= 4 is 11.9 Å². The van der Waals surface area contributed by atoms with Crippen LogP contribution >= 0.6 is 0 Å². The smallest absolute Gasteiger partial charge is 0.391 e. The standard InChI is InChI=1S/C9H12F3NO3/c1-4(3-9(10,11)12)13-7(14)5-2-6(5)8(15)16/h4-6H,2-3H2,1H3,(H,13,14)(H,15,16)/t4?,5-,6+/m1/s1. The van der Waals surface area contributed by atoms with Crippen molar-refractivity contribution in [2.45, 2.75) is 32.0 Å². The zero-order chi connectivity index (χ0) is 12.5. The lowest BCUT2D eigenvalue weighted by Gasteiger charge is -2.15. The van der Waals surface area contributed by atoms with E-state index in [-0.39, 0.29) is 6.42 Å². The van der Waals surface area contributed by atoms with Gasteiger partial charge in [-0.15, -0.1) is 0 Å². The van der Waals surface area contributed by atoms with Crippen molar-refractivity contribution in [2.75, 3.05) is 0 Å². The van der Waals surface area contributed by atoms with Crippen LogP contribution in [0.2, 0.25) is 0 Å². The maximum Gasteiger partial charge on any atom is 0.391 e. The molecule has 2 N–H and O–H groups in total. The predicted molar refractivity (Wildman–Crippen MR) is 47.5 cm³/mol. The van der Waals surface area contributed by atoms with Gasteiger partial charge in [-0.2, -0.15) is 13.2 Å². The molecular weight excluding hydrogens is 227 g/mol. The molecule has 3 atom stereocenters. The van der Waals surface area contributed by atoms with Crippen molar-refractivity contribution in [3.8, 4) is 0 Å². The number of hydrogen-bond donors (Lipinski definition) is 2. The van der Waals surface area contributed by atoms with E-state index in [2.05, 4.69) is 5.32 Å². The Balaban J connectivity index is 2.33. The molecule has 0 radical (unpaired) electrons. The van der Waals surface area contributed by atoms with E-state index in [1.54, 1.807) is 0 Å². The Hall–Kier alpha value is -1.27.